The minimum absolute atomic E-state index is 0.246. The highest BCUT2D eigenvalue weighted by atomic mass is 19.1. The van der Waals surface area contributed by atoms with Gasteiger partial charge in [-0.25, -0.2) is 9.07 Å². The molecule has 2 atom stereocenters. The molecule has 1 N–H and O–H groups in total. The van der Waals surface area contributed by atoms with Gasteiger partial charge in [0.05, 0.1) is 12.2 Å². The second-order valence-electron chi connectivity index (χ2n) is 8.05. The van der Waals surface area contributed by atoms with E-state index >= 15 is 0 Å². The van der Waals surface area contributed by atoms with Crippen LogP contribution in [0.15, 0.2) is 60.8 Å². The lowest BCUT2D eigenvalue weighted by molar-refractivity contribution is -0.0704. The molecule has 0 aliphatic carbocycles. The van der Waals surface area contributed by atoms with E-state index in [0.717, 1.165) is 25.2 Å². The topological polar surface area (TPSA) is 59.4 Å². The van der Waals surface area contributed by atoms with Gasteiger partial charge in [0.25, 0.3) is 5.91 Å². The van der Waals surface area contributed by atoms with Crippen molar-refractivity contribution < 1.29 is 13.9 Å². The predicted octanol–water partition coefficient (Wildman–Crippen LogP) is 3.55. The van der Waals surface area contributed by atoms with Crippen molar-refractivity contribution in [3.63, 3.8) is 0 Å². The Hall–Kier alpha value is -3.03. The standard InChI is InChI=1S/C24H27FN4O2/c1-17-14-28(15-18(2)31-17)16-20-9-7-19(8-10-20)13-26-24(30)22-11-12-29(27-22)23-6-4-3-5-21(23)25/h3-12,17-18H,13-16H2,1-2H3,(H,26,30). The van der Waals surface area contributed by atoms with Gasteiger partial charge < -0.3 is 10.1 Å². The third-order valence-electron chi connectivity index (χ3n) is 5.30. The fourth-order valence-electron chi connectivity index (χ4n) is 3.92. The van der Waals surface area contributed by atoms with Crippen LogP contribution in [0.4, 0.5) is 4.39 Å². The molecule has 0 bridgehead atoms. The molecular formula is C24H27FN4O2. The Morgan fingerprint density at radius 2 is 1.74 bits per heavy atom. The maximum atomic E-state index is 13.9. The monoisotopic (exact) mass is 422 g/mol. The number of hydrogen-bond donors (Lipinski definition) is 1. The summed E-state index contributed by atoms with van der Waals surface area (Å²) in [4.78, 5) is 14.8. The number of benzene rings is 2. The van der Waals surface area contributed by atoms with Crippen LogP contribution < -0.4 is 5.32 Å². The van der Waals surface area contributed by atoms with Crippen molar-refractivity contribution in [3.8, 4) is 5.69 Å². The zero-order chi connectivity index (χ0) is 21.8. The van der Waals surface area contributed by atoms with Crippen LogP contribution in [0.1, 0.15) is 35.5 Å². The lowest BCUT2D eigenvalue weighted by Gasteiger charge is -2.35. The Morgan fingerprint density at radius 1 is 1.06 bits per heavy atom. The van der Waals surface area contributed by atoms with Crippen molar-refractivity contribution >= 4 is 5.91 Å². The highest BCUT2D eigenvalue weighted by molar-refractivity contribution is 5.92. The molecule has 1 aliphatic heterocycles. The number of carbonyl (C=O) groups is 1. The summed E-state index contributed by atoms with van der Waals surface area (Å²) >= 11 is 0. The number of nitrogens with one attached hydrogen (secondary N) is 1. The van der Waals surface area contributed by atoms with E-state index in [2.05, 4.69) is 41.3 Å². The molecule has 2 aromatic carbocycles. The smallest absolute Gasteiger partial charge is 0.272 e. The summed E-state index contributed by atoms with van der Waals surface area (Å²) in [5.74, 6) is -0.686. The van der Waals surface area contributed by atoms with Crippen molar-refractivity contribution in [2.24, 2.45) is 0 Å². The van der Waals surface area contributed by atoms with E-state index < -0.39 is 5.82 Å². The number of amides is 1. The number of carbonyl (C=O) groups excluding carboxylic acids is 1. The van der Waals surface area contributed by atoms with Gasteiger partial charge in [0, 0.05) is 32.4 Å². The molecule has 0 spiro atoms. The Balaban J connectivity index is 1.31. The predicted molar refractivity (Wildman–Crippen MR) is 116 cm³/mol. The number of aromatic nitrogens is 2. The van der Waals surface area contributed by atoms with Gasteiger partial charge in [0.1, 0.15) is 11.5 Å². The van der Waals surface area contributed by atoms with Crippen molar-refractivity contribution in [1.82, 2.24) is 20.0 Å². The first-order chi connectivity index (χ1) is 15.0. The summed E-state index contributed by atoms with van der Waals surface area (Å²) in [5, 5.41) is 7.07. The van der Waals surface area contributed by atoms with E-state index in [4.69, 9.17) is 4.74 Å². The molecule has 0 radical (unpaired) electrons. The average molecular weight is 423 g/mol. The molecule has 31 heavy (non-hydrogen) atoms. The van der Waals surface area contributed by atoms with Gasteiger partial charge in [-0.05, 0) is 43.2 Å². The summed E-state index contributed by atoms with van der Waals surface area (Å²) in [6, 6.07) is 16.1. The lowest BCUT2D eigenvalue weighted by atomic mass is 10.1. The number of morpholine rings is 1. The fourth-order valence-corrected chi connectivity index (χ4v) is 3.92. The first kappa shape index (κ1) is 21.2. The zero-order valence-electron chi connectivity index (χ0n) is 17.8. The number of rotatable bonds is 6. The molecule has 4 rings (SSSR count). The first-order valence-corrected chi connectivity index (χ1v) is 10.5. The number of hydrogen-bond acceptors (Lipinski definition) is 4. The summed E-state index contributed by atoms with van der Waals surface area (Å²) in [5.41, 5.74) is 2.80. The quantitative estimate of drug-likeness (QED) is 0.660. The van der Waals surface area contributed by atoms with Crippen LogP contribution in [-0.4, -0.2) is 45.9 Å². The molecule has 3 aromatic rings. The lowest BCUT2D eigenvalue weighted by Crippen LogP contribution is -2.44. The third kappa shape index (κ3) is 5.37. The third-order valence-corrected chi connectivity index (χ3v) is 5.30. The molecule has 7 heteroatoms. The van der Waals surface area contributed by atoms with E-state index in [1.54, 1.807) is 30.5 Å². The van der Waals surface area contributed by atoms with Gasteiger partial charge in [-0.1, -0.05) is 36.4 Å². The Bertz CT molecular complexity index is 1020. The molecular weight excluding hydrogens is 395 g/mol. The van der Waals surface area contributed by atoms with E-state index in [1.807, 2.05) is 12.1 Å². The highest BCUT2D eigenvalue weighted by Crippen LogP contribution is 2.15. The maximum absolute atomic E-state index is 13.9. The number of para-hydroxylation sites is 1. The van der Waals surface area contributed by atoms with Crippen LogP contribution in [-0.2, 0) is 17.8 Å². The molecule has 2 heterocycles. The van der Waals surface area contributed by atoms with Crippen molar-refractivity contribution in [2.75, 3.05) is 13.1 Å². The average Bonchev–Trinajstić information content (AvgIpc) is 3.23. The van der Waals surface area contributed by atoms with Crippen molar-refractivity contribution in [1.29, 1.82) is 0 Å². The van der Waals surface area contributed by atoms with Gasteiger partial charge in [-0.2, -0.15) is 5.10 Å². The zero-order valence-corrected chi connectivity index (χ0v) is 17.8. The maximum Gasteiger partial charge on any atom is 0.272 e. The van der Waals surface area contributed by atoms with Crippen molar-refractivity contribution in [2.45, 2.75) is 39.1 Å². The van der Waals surface area contributed by atoms with Crippen LogP contribution >= 0.6 is 0 Å². The summed E-state index contributed by atoms with van der Waals surface area (Å²) < 4.78 is 21.1. The fraction of sp³-hybridized carbons (Fsp3) is 0.333. The van der Waals surface area contributed by atoms with Gasteiger partial charge in [-0.3, -0.25) is 9.69 Å². The Morgan fingerprint density at radius 3 is 2.45 bits per heavy atom. The molecule has 1 aliphatic rings. The Labute approximate surface area is 181 Å². The van der Waals surface area contributed by atoms with E-state index in [9.17, 15) is 9.18 Å². The van der Waals surface area contributed by atoms with Crippen molar-refractivity contribution in [3.05, 3.63) is 83.4 Å². The number of halogens is 1. The van der Waals surface area contributed by atoms with Gasteiger partial charge in [-0.15, -0.1) is 0 Å². The second-order valence-corrected chi connectivity index (χ2v) is 8.05. The van der Waals surface area contributed by atoms with E-state index in [-0.39, 0.29) is 23.8 Å². The minimum atomic E-state index is -0.390. The summed E-state index contributed by atoms with van der Waals surface area (Å²) in [6.07, 6.45) is 2.08. The van der Waals surface area contributed by atoms with Crippen LogP contribution in [0, 0.1) is 5.82 Å². The molecule has 1 amide bonds. The van der Waals surface area contributed by atoms with E-state index in [0.29, 0.717) is 12.2 Å². The van der Waals surface area contributed by atoms with E-state index in [1.165, 1.54) is 16.3 Å². The molecule has 1 aromatic heterocycles. The largest absolute Gasteiger partial charge is 0.373 e. The Kier molecular flexibility index (Phi) is 6.44. The molecule has 0 saturated carbocycles. The summed E-state index contributed by atoms with van der Waals surface area (Å²) in [7, 11) is 0. The molecule has 1 fully saturated rings. The normalized spacial score (nSPS) is 19.3. The van der Waals surface area contributed by atoms with Crippen LogP contribution in [0.2, 0.25) is 0 Å². The number of ether oxygens (including phenoxy) is 1. The number of nitrogens with zero attached hydrogens (tertiary/aromatic N) is 3. The van der Waals surface area contributed by atoms with Crippen LogP contribution in [0.3, 0.4) is 0 Å². The van der Waals surface area contributed by atoms with Gasteiger partial charge >= 0.3 is 0 Å². The van der Waals surface area contributed by atoms with Gasteiger partial charge in [0.15, 0.2) is 5.69 Å². The highest BCUT2D eigenvalue weighted by Gasteiger charge is 2.22. The van der Waals surface area contributed by atoms with Crippen LogP contribution in [0.25, 0.3) is 5.69 Å². The SMILES string of the molecule is CC1CN(Cc2ccc(CNC(=O)c3ccn(-c4ccccc4F)n3)cc2)CC(C)O1. The second kappa shape index (κ2) is 9.41. The molecule has 1 saturated heterocycles. The molecule has 6 nitrogen and oxygen atoms in total. The van der Waals surface area contributed by atoms with Gasteiger partial charge in [0.2, 0.25) is 0 Å². The van der Waals surface area contributed by atoms with Crippen LogP contribution in [0.5, 0.6) is 0 Å². The molecule has 162 valence electrons. The summed E-state index contributed by atoms with van der Waals surface area (Å²) in [6.45, 7) is 7.36. The minimum Gasteiger partial charge on any atom is -0.373 e. The molecule has 2 unspecified atom stereocenters. The first-order valence-electron chi connectivity index (χ1n) is 10.5.